The van der Waals surface area contributed by atoms with Gasteiger partial charge in [-0.15, -0.1) is 5.10 Å². The zero-order valence-electron chi connectivity index (χ0n) is 19.8. The van der Waals surface area contributed by atoms with Crippen molar-refractivity contribution in [3.8, 4) is 0 Å². The first-order valence-corrected chi connectivity index (χ1v) is 12.4. The maximum atomic E-state index is 5.22. The highest BCUT2D eigenvalue weighted by Crippen LogP contribution is 2.28. The largest absolute Gasteiger partial charge is 0.378 e. The lowest BCUT2D eigenvalue weighted by molar-refractivity contribution is -0.00579. The molecular weight excluding hydrogens is 436 g/mol. The minimum absolute atomic E-state index is 0.481. The minimum Gasteiger partial charge on any atom is -0.378 e. The van der Waals surface area contributed by atoms with Crippen LogP contribution in [0.25, 0.3) is 10.8 Å². The fraction of sp³-hybridized carbons (Fsp3) is 0.321. The van der Waals surface area contributed by atoms with Gasteiger partial charge in [-0.05, 0) is 17.2 Å². The van der Waals surface area contributed by atoms with E-state index in [1.54, 1.807) is 0 Å². The molecule has 0 amide bonds. The first-order chi connectivity index (χ1) is 17.3. The maximum absolute atomic E-state index is 5.22. The second-order valence-electron chi connectivity index (χ2n) is 9.29. The van der Waals surface area contributed by atoms with Gasteiger partial charge in [-0.25, -0.2) is 4.98 Å². The van der Waals surface area contributed by atoms with Crippen LogP contribution in [0.4, 0.5) is 11.6 Å². The number of fused-ring (bicyclic) bond motifs is 1. The van der Waals surface area contributed by atoms with E-state index in [1.807, 2.05) is 12.3 Å². The third kappa shape index (κ3) is 4.83. The molecule has 4 aromatic rings. The van der Waals surface area contributed by atoms with Gasteiger partial charge in [-0.3, -0.25) is 0 Å². The van der Waals surface area contributed by atoms with Crippen molar-refractivity contribution >= 4 is 22.4 Å². The Hall–Kier alpha value is -3.55. The van der Waals surface area contributed by atoms with Crippen molar-refractivity contribution in [1.29, 1.82) is 0 Å². The van der Waals surface area contributed by atoms with Gasteiger partial charge >= 0.3 is 0 Å². The number of piperazine rings is 1. The molecule has 0 unspecified atom stereocenters. The van der Waals surface area contributed by atoms with Gasteiger partial charge in [0.2, 0.25) is 0 Å². The molecule has 2 aromatic carbocycles. The van der Waals surface area contributed by atoms with E-state index in [1.165, 1.54) is 21.9 Å². The van der Waals surface area contributed by atoms with Gasteiger partial charge in [0.05, 0.1) is 24.9 Å². The summed E-state index contributed by atoms with van der Waals surface area (Å²) in [6.07, 6.45) is 2.77. The Morgan fingerprint density at radius 2 is 1.51 bits per heavy atom. The lowest BCUT2D eigenvalue weighted by Crippen LogP contribution is -2.47. The topological polar surface area (TPSA) is 66.4 Å². The van der Waals surface area contributed by atoms with Crippen molar-refractivity contribution in [3.05, 3.63) is 89.7 Å². The van der Waals surface area contributed by atoms with E-state index >= 15 is 0 Å². The number of rotatable bonds is 7. The average molecular weight is 467 g/mol. The second-order valence-corrected chi connectivity index (χ2v) is 9.29. The summed E-state index contributed by atoms with van der Waals surface area (Å²) >= 11 is 0. The maximum Gasteiger partial charge on any atom is 0.159 e. The number of hydrogen-bond donors (Lipinski definition) is 1. The third-order valence-corrected chi connectivity index (χ3v) is 6.90. The molecule has 0 aliphatic carbocycles. The summed E-state index contributed by atoms with van der Waals surface area (Å²) in [4.78, 5) is 9.44. The normalized spacial score (nSPS) is 16.5. The van der Waals surface area contributed by atoms with E-state index < -0.39 is 0 Å². The van der Waals surface area contributed by atoms with Gasteiger partial charge in [-0.2, -0.15) is 5.10 Å². The zero-order valence-corrected chi connectivity index (χ0v) is 19.8. The summed E-state index contributed by atoms with van der Waals surface area (Å²) < 4.78 is 5.22. The van der Waals surface area contributed by atoms with Crippen molar-refractivity contribution in [1.82, 2.24) is 20.5 Å². The number of ether oxygens (including phenoxy) is 1. The molecule has 35 heavy (non-hydrogen) atoms. The quantitative estimate of drug-likeness (QED) is 0.448. The van der Waals surface area contributed by atoms with E-state index in [0.717, 1.165) is 69.7 Å². The average Bonchev–Trinajstić information content (AvgIpc) is 2.89. The molecule has 2 saturated heterocycles. The van der Waals surface area contributed by atoms with Gasteiger partial charge in [0.1, 0.15) is 5.82 Å². The Kier molecular flexibility index (Phi) is 6.26. The van der Waals surface area contributed by atoms with E-state index in [2.05, 4.69) is 80.9 Å². The number of hydrogen-bond acceptors (Lipinski definition) is 7. The monoisotopic (exact) mass is 466 g/mol. The highest BCUT2D eigenvalue weighted by atomic mass is 16.5. The predicted octanol–water partition coefficient (Wildman–Crippen LogP) is 3.43. The molecule has 2 aliphatic rings. The standard InChI is InChI=1S/C28H30N6O/c1-2-6-21(7-3-1)16-26-24-8-4-5-9-25(24)28(32-31-26)34-14-12-33(13-15-34)27-11-10-22(18-30-27)17-29-23-19-35-20-23/h1-11,18,23,29H,12-17,19-20H2. The fourth-order valence-corrected chi connectivity index (χ4v) is 4.77. The van der Waals surface area contributed by atoms with Crippen LogP contribution in [0.15, 0.2) is 72.9 Å². The van der Waals surface area contributed by atoms with Crippen molar-refractivity contribution in [2.75, 3.05) is 49.2 Å². The van der Waals surface area contributed by atoms with E-state index in [4.69, 9.17) is 14.8 Å². The molecule has 178 valence electrons. The van der Waals surface area contributed by atoms with Gasteiger partial charge in [0.25, 0.3) is 0 Å². The van der Waals surface area contributed by atoms with Crippen molar-refractivity contribution < 1.29 is 4.74 Å². The van der Waals surface area contributed by atoms with Gasteiger partial charge in [0.15, 0.2) is 5.82 Å². The Morgan fingerprint density at radius 3 is 2.23 bits per heavy atom. The van der Waals surface area contributed by atoms with Crippen LogP contribution in [0.3, 0.4) is 0 Å². The SMILES string of the molecule is c1ccc(Cc2nnc(N3CCN(c4ccc(CNC5COC5)cn4)CC3)c3ccccc23)cc1. The van der Waals surface area contributed by atoms with Crippen LogP contribution in [0, 0.1) is 0 Å². The molecule has 2 aliphatic heterocycles. The van der Waals surface area contributed by atoms with Crippen LogP contribution in [0.1, 0.15) is 16.8 Å². The molecule has 0 bridgehead atoms. The van der Waals surface area contributed by atoms with Crippen LogP contribution in [0.5, 0.6) is 0 Å². The Balaban J connectivity index is 1.13. The van der Waals surface area contributed by atoms with Crippen molar-refractivity contribution in [3.63, 3.8) is 0 Å². The summed E-state index contributed by atoms with van der Waals surface area (Å²) in [6.45, 7) is 6.06. The highest BCUT2D eigenvalue weighted by Gasteiger charge is 2.22. The molecule has 0 radical (unpaired) electrons. The summed E-state index contributed by atoms with van der Waals surface area (Å²) in [5.74, 6) is 2.01. The highest BCUT2D eigenvalue weighted by molar-refractivity contribution is 5.93. The summed E-state index contributed by atoms with van der Waals surface area (Å²) in [6, 6.07) is 23.8. The number of anilines is 2. The first-order valence-electron chi connectivity index (χ1n) is 12.4. The molecule has 0 saturated carbocycles. The summed E-state index contributed by atoms with van der Waals surface area (Å²) in [5, 5.41) is 15.2. The van der Waals surface area contributed by atoms with Crippen molar-refractivity contribution in [2.24, 2.45) is 0 Å². The second kappa shape index (κ2) is 9.98. The van der Waals surface area contributed by atoms with E-state index in [-0.39, 0.29) is 0 Å². The van der Waals surface area contributed by atoms with Crippen LogP contribution < -0.4 is 15.1 Å². The number of pyridine rings is 1. The van der Waals surface area contributed by atoms with E-state index in [9.17, 15) is 0 Å². The third-order valence-electron chi connectivity index (χ3n) is 6.90. The molecule has 2 fully saturated rings. The molecule has 7 nitrogen and oxygen atoms in total. The molecule has 1 N–H and O–H groups in total. The number of nitrogens with zero attached hydrogens (tertiary/aromatic N) is 5. The lowest BCUT2D eigenvalue weighted by Gasteiger charge is -2.36. The van der Waals surface area contributed by atoms with Crippen LogP contribution >= 0.6 is 0 Å². The number of nitrogens with one attached hydrogen (secondary N) is 1. The molecule has 2 aromatic heterocycles. The minimum atomic E-state index is 0.481. The first kappa shape index (κ1) is 21.9. The van der Waals surface area contributed by atoms with Gasteiger partial charge in [0, 0.05) is 56.1 Å². The predicted molar refractivity (Wildman–Crippen MR) is 139 cm³/mol. The Morgan fingerprint density at radius 1 is 0.771 bits per heavy atom. The number of benzene rings is 2. The molecule has 7 heteroatoms. The van der Waals surface area contributed by atoms with Crippen LogP contribution in [-0.2, 0) is 17.7 Å². The van der Waals surface area contributed by atoms with Gasteiger partial charge in [-0.1, -0.05) is 60.7 Å². The summed E-state index contributed by atoms with van der Waals surface area (Å²) in [7, 11) is 0. The Labute approximate surface area is 205 Å². The number of aromatic nitrogens is 3. The molecule has 6 rings (SSSR count). The fourth-order valence-electron chi connectivity index (χ4n) is 4.77. The van der Waals surface area contributed by atoms with Crippen molar-refractivity contribution in [2.45, 2.75) is 19.0 Å². The smallest absolute Gasteiger partial charge is 0.159 e. The van der Waals surface area contributed by atoms with E-state index in [0.29, 0.717) is 6.04 Å². The summed E-state index contributed by atoms with van der Waals surface area (Å²) in [5.41, 5.74) is 3.48. The van der Waals surface area contributed by atoms with Crippen LogP contribution in [0.2, 0.25) is 0 Å². The molecule has 4 heterocycles. The van der Waals surface area contributed by atoms with Gasteiger partial charge < -0.3 is 19.9 Å². The molecule has 0 atom stereocenters. The molecular formula is C28H30N6O. The lowest BCUT2D eigenvalue weighted by atomic mass is 10.0. The van der Waals surface area contributed by atoms with Crippen LogP contribution in [-0.4, -0.2) is 60.6 Å². The zero-order chi connectivity index (χ0) is 23.5. The Bertz CT molecular complexity index is 1270. The molecule has 0 spiro atoms.